The molecule has 2 atom stereocenters. The third-order valence-corrected chi connectivity index (χ3v) is 2.97. The first-order valence-corrected chi connectivity index (χ1v) is 5.54. The molecule has 1 aromatic carbocycles. The number of rotatable bonds is 4. The largest absolute Gasteiger partial charge is 0.465 e. The Kier molecular flexibility index (Phi) is 4.50. The summed E-state index contributed by atoms with van der Waals surface area (Å²) in [6.45, 7) is 4.24. The third-order valence-electron chi connectivity index (χ3n) is 2.97. The first-order chi connectivity index (χ1) is 7.60. The molecular weight excluding hydrogens is 202 g/mol. The highest BCUT2D eigenvalue weighted by Crippen LogP contribution is 2.22. The van der Waals surface area contributed by atoms with Crippen LogP contribution in [0.2, 0.25) is 0 Å². The second-order valence-corrected chi connectivity index (χ2v) is 4.02. The van der Waals surface area contributed by atoms with Gasteiger partial charge in [0.2, 0.25) is 0 Å². The van der Waals surface area contributed by atoms with Gasteiger partial charge in [-0.2, -0.15) is 0 Å². The van der Waals surface area contributed by atoms with E-state index in [0.717, 1.165) is 12.0 Å². The Morgan fingerprint density at radius 2 is 1.94 bits per heavy atom. The van der Waals surface area contributed by atoms with Crippen LogP contribution in [0.15, 0.2) is 24.3 Å². The van der Waals surface area contributed by atoms with Crippen molar-refractivity contribution in [1.82, 2.24) is 0 Å². The first kappa shape index (κ1) is 12.7. The van der Waals surface area contributed by atoms with Crippen LogP contribution in [-0.2, 0) is 4.74 Å². The highest BCUT2D eigenvalue weighted by Gasteiger charge is 2.13. The van der Waals surface area contributed by atoms with Gasteiger partial charge in [0.05, 0.1) is 12.7 Å². The van der Waals surface area contributed by atoms with Crippen molar-refractivity contribution in [3.8, 4) is 0 Å². The van der Waals surface area contributed by atoms with Crippen LogP contribution in [0, 0.1) is 5.92 Å². The quantitative estimate of drug-likeness (QED) is 0.795. The molecule has 0 spiro atoms. The van der Waals surface area contributed by atoms with Gasteiger partial charge >= 0.3 is 5.97 Å². The number of methoxy groups -OCH3 is 1. The van der Waals surface area contributed by atoms with Crippen LogP contribution in [0.3, 0.4) is 0 Å². The molecule has 2 N–H and O–H groups in total. The third kappa shape index (κ3) is 2.83. The predicted octanol–water partition coefficient (Wildman–Crippen LogP) is 2.52. The van der Waals surface area contributed by atoms with Crippen LogP contribution < -0.4 is 5.73 Å². The van der Waals surface area contributed by atoms with Crippen LogP contribution in [0.25, 0.3) is 0 Å². The molecule has 0 saturated carbocycles. The molecule has 0 radical (unpaired) electrons. The van der Waals surface area contributed by atoms with E-state index in [1.165, 1.54) is 7.11 Å². The molecule has 0 bridgehead atoms. The normalized spacial score (nSPS) is 14.2. The monoisotopic (exact) mass is 221 g/mol. The molecule has 0 aliphatic carbocycles. The summed E-state index contributed by atoms with van der Waals surface area (Å²) in [5, 5.41) is 0. The lowest BCUT2D eigenvalue weighted by Crippen LogP contribution is -2.18. The zero-order valence-corrected chi connectivity index (χ0v) is 10.1. The van der Waals surface area contributed by atoms with Gasteiger partial charge in [-0.15, -0.1) is 0 Å². The van der Waals surface area contributed by atoms with Crippen molar-refractivity contribution >= 4 is 5.97 Å². The number of esters is 1. The topological polar surface area (TPSA) is 52.3 Å². The number of hydrogen-bond donors (Lipinski definition) is 1. The van der Waals surface area contributed by atoms with E-state index in [4.69, 9.17) is 5.73 Å². The zero-order chi connectivity index (χ0) is 12.1. The average Bonchev–Trinajstić information content (AvgIpc) is 2.36. The van der Waals surface area contributed by atoms with Crippen molar-refractivity contribution < 1.29 is 9.53 Å². The van der Waals surface area contributed by atoms with E-state index in [9.17, 15) is 4.79 Å². The minimum atomic E-state index is -0.316. The van der Waals surface area contributed by atoms with Crippen molar-refractivity contribution in [1.29, 1.82) is 0 Å². The molecule has 0 heterocycles. The Morgan fingerprint density at radius 3 is 2.38 bits per heavy atom. The summed E-state index contributed by atoms with van der Waals surface area (Å²) in [7, 11) is 1.38. The van der Waals surface area contributed by atoms with Crippen LogP contribution in [0.4, 0.5) is 0 Å². The fraction of sp³-hybridized carbons (Fsp3) is 0.462. The fourth-order valence-electron chi connectivity index (χ4n) is 1.54. The molecule has 3 heteroatoms. The lowest BCUT2D eigenvalue weighted by Gasteiger charge is -2.18. The van der Waals surface area contributed by atoms with Gasteiger partial charge in [0, 0.05) is 6.04 Å². The van der Waals surface area contributed by atoms with Gasteiger partial charge in [-0.3, -0.25) is 0 Å². The molecule has 0 aliphatic rings. The molecule has 0 saturated heterocycles. The summed E-state index contributed by atoms with van der Waals surface area (Å²) >= 11 is 0. The fourth-order valence-corrected chi connectivity index (χ4v) is 1.54. The van der Waals surface area contributed by atoms with Gasteiger partial charge in [-0.05, 0) is 23.6 Å². The SMILES string of the molecule is CCC(C)[C@@H](N)c1ccc(C(=O)OC)cc1. The number of carbonyl (C=O) groups is 1. The van der Waals surface area contributed by atoms with Gasteiger partial charge in [0.25, 0.3) is 0 Å². The first-order valence-electron chi connectivity index (χ1n) is 5.54. The summed E-state index contributed by atoms with van der Waals surface area (Å²) in [4.78, 5) is 11.2. The molecule has 3 nitrogen and oxygen atoms in total. The molecule has 16 heavy (non-hydrogen) atoms. The Balaban J connectivity index is 2.82. The Labute approximate surface area is 96.6 Å². The summed E-state index contributed by atoms with van der Waals surface area (Å²) in [5.74, 6) is 0.118. The molecule has 0 aliphatic heterocycles. The van der Waals surface area contributed by atoms with Crippen molar-refractivity contribution in [3.05, 3.63) is 35.4 Å². The van der Waals surface area contributed by atoms with E-state index in [2.05, 4.69) is 18.6 Å². The molecule has 1 rings (SSSR count). The van der Waals surface area contributed by atoms with Gasteiger partial charge < -0.3 is 10.5 Å². The summed E-state index contributed by atoms with van der Waals surface area (Å²) in [6, 6.07) is 7.32. The van der Waals surface area contributed by atoms with Crippen molar-refractivity contribution in [3.63, 3.8) is 0 Å². The lowest BCUT2D eigenvalue weighted by atomic mass is 9.93. The van der Waals surface area contributed by atoms with Crippen LogP contribution in [0.1, 0.15) is 42.2 Å². The second-order valence-electron chi connectivity index (χ2n) is 4.02. The summed E-state index contributed by atoms with van der Waals surface area (Å²) < 4.78 is 4.64. The van der Waals surface area contributed by atoms with Gasteiger partial charge in [-0.1, -0.05) is 32.4 Å². The highest BCUT2D eigenvalue weighted by atomic mass is 16.5. The number of benzene rings is 1. The van der Waals surface area contributed by atoms with Crippen molar-refractivity contribution in [2.75, 3.05) is 7.11 Å². The maximum Gasteiger partial charge on any atom is 0.337 e. The average molecular weight is 221 g/mol. The smallest absolute Gasteiger partial charge is 0.337 e. The van der Waals surface area contributed by atoms with Gasteiger partial charge in [-0.25, -0.2) is 4.79 Å². The van der Waals surface area contributed by atoms with E-state index in [1.54, 1.807) is 12.1 Å². The Morgan fingerprint density at radius 1 is 1.38 bits per heavy atom. The molecule has 88 valence electrons. The number of ether oxygens (including phenoxy) is 1. The number of carbonyl (C=O) groups excluding carboxylic acids is 1. The molecule has 1 unspecified atom stereocenters. The molecular formula is C13H19NO2. The van der Waals surface area contributed by atoms with E-state index in [-0.39, 0.29) is 12.0 Å². The standard InChI is InChI=1S/C13H19NO2/c1-4-9(2)12(14)10-5-7-11(8-6-10)13(15)16-3/h5-9,12H,4,14H2,1-3H3/t9?,12-/m1/s1. The Hall–Kier alpha value is -1.35. The maximum atomic E-state index is 11.2. The van der Waals surface area contributed by atoms with Crippen LogP contribution >= 0.6 is 0 Å². The zero-order valence-electron chi connectivity index (χ0n) is 10.1. The van der Waals surface area contributed by atoms with Gasteiger partial charge in [0.15, 0.2) is 0 Å². The highest BCUT2D eigenvalue weighted by molar-refractivity contribution is 5.89. The lowest BCUT2D eigenvalue weighted by molar-refractivity contribution is 0.0600. The maximum absolute atomic E-state index is 11.2. The van der Waals surface area contributed by atoms with Crippen LogP contribution in [0.5, 0.6) is 0 Å². The predicted molar refractivity (Wildman–Crippen MR) is 64.2 cm³/mol. The van der Waals surface area contributed by atoms with E-state index >= 15 is 0 Å². The van der Waals surface area contributed by atoms with Gasteiger partial charge in [0.1, 0.15) is 0 Å². The molecule has 0 fully saturated rings. The molecule has 0 amide bonds. The van der Waals surface area contributed by atoms with E-state index < -0.39 is 0 Å². The van der Waals surface area contributed by atoms with E-state index in [0.29, 0.717) is 11.5 Å². The minimum Gasteiger partial charge on any atom is -0.465 e. The number of hydrogen-bond acceptors (Lipinski definition) is 3. The van der Waals surface area contributed by atoms with Crippen LogP contribution in [-0.4, -0.2) is 13.1 Å². The Bertz CT molecular complexity index is 345. The van der Waals surface area contributed by atoms with Crippen molar-refractivity contribution in [2.45, 2.75) is 26.3 Å². The second kappa shape index (κ2) is 5.66. The molecule has 0 aromatic heterocycles. The number of nitrogens with two attached hydrogens (primary N) is 1. The summed E-state index contributed by atoms with van der Waals surface area (Å²) in [5.41, 5.74) is 7.71. The summed E-state index contributed by atoms with van der Waals surface area (Å²) in [6.07, 6.45) is 1.04. The minimum absolute atomic E-state index is 0.0247. The van der Waals surface area contributed by atoms with Crippen molar-refractivity contribution in [2.24, 2.45) is 11.7 Å². The molecule has 1 aromatic rings. The van der Waals surface area contributed by atoms with E-state index in [1.807, 2.05) is 12.1 Å².